The van der Waals surface area contributed by atoms with Gasteiger partial charge in [0.1, 0.15) is 5.60 Å². The lowest BCUT2D eigenvalue weighted by molar-refractivity contribution is 0.0529. The number of rotatable bonds is 5. The molecule has 0 aliphatic rings. The van der Waals surface area contributed by atoms with Gasteiger partial charge in [-0.25, -0.2) is 4.79 Å². The number of amides is 1. The number of benzene rings is 1. The van der Waals surface area contributed by atoms with Gasteiger partial charge < -0.3 is 20.7 Å². The second-order valence-corrected chi connectivity index (χ2v) is 6.37. The summed E-state index contributed by atoms with van der Waals surface area (Å²) in [4.78, 5) is 11.5. The smallest absolute Gasteiger partial charge is 0.407 e. The highest BCUT2D eigenvalue weighted by molar-refractivity contribution is 7.80. The number of carbonyl (C=O) groups is 1. The molecular formula is C16H25N3O2S. The van der Waals surface area contributed by atoms with Crippen molar-refractivity contribution in [2.75, 3.05) is 13.1 Å². The lowest BCUT2D eigenvalue weighted by Crippen LogP contribution is -2.42. The summed E-state index contributed by atoms with van der Waals surface area (Å²) >= 11 is 5.23. The molecule has 5 nitrogen and oxygen atoms in total. The Morgan fingerprint density at radius 3 is 2.36 bits per heavy atom. The van der Waals surface area contributed by atoms with Crippen LogP contribution in [-0.2, 0) is 4.74 Å². The zero-order chi connectivity index (χ0) is 16.6. The molecule has 0 aliphatic heterocycles. The molecule has 0 fully saturated rings. The largest absolute Gasteiger partial charge is 0.444 e. The predicted molar refractivity (Wildman–Crippen MR) is 92.8 cm³/mol. The molecule has 1 aromatic carbocycles. The van der Waals surface area contributed by atoms with Gasteiger partial charge in [0, 0.05) is 13.1 Å². The number of ether oxygens (including phenoxy) is 1. The Hall–Kier alpha value is -1.82. The topological polar surface area (TPSA) is 62.4 Å². The Balaban J connectivity index is 2.20. The summed E-state index contributed by atoms with van der Waals surface area (Å²) in [6, 6.07) is 10.2. The third kappa shape index (κ3) is 7.83. The zero-order valence-electron chi connectivity index (χ0n) is 13.6. The lowest BCUT2D eigenvalue weighted by atomic mass is 10.1. The van der Waals surface area contributed by atoms with Gasteiger partial charge in [0.25, 0.3) is 0 Å². The van der Waals surface area contributed by atoms with Gasteiger partial charge in [0.05, 0.1) is 6.04 Å². The van der Waals surface area contributed by atoms with Gasteiger partial charge in [-0.3, -0.25) is 0 Å². The minimum absolute atomic E-state index is 0.125. The molecule has 1 rings (SSSR count). The number of thiocarbonyl (C=S) groups is 1. The van der Waals surface area contributed by atoms with Gasteiger partial charge in [-0.15, -0.1) is 0 Å². The molecule has 1 atom stereocenters. The fourth-order valence-corrected chi connectivity index (χ4v) is 2.01. The molecule has 0 aromatic heterocycles. The van der Waals surface area contributed by atoms with Gasteiger partial charge in [-0.05, 0) is 45.5 Å². The van der Waals surface area contributed by atoms with E-state index in [2.05, 4.69) is 16.0 Å². The Morgan fingerprint density at radius 1 is 1.18 bits per heavy atom. The summed E-state index contributed by atoms with van der Waals surface area (Å²) in [5.74, 6) is 0. The van der Waals surface area contributed by atoms with Crippen LogP contribution in [0, 0.1) is 0 Å². The highest BCUT2D eigenvalue weighted by atomic mass is 32.1. The Morgan fingerprint density at radius 2 is 1.77 bits per heavy atom. The van der Waals surface area contributed by atoms with E-state index in [9.17, 15) is 4.79 Å². The van der Waals surface area contributed by atoms with Crippen molar-refractivity contribution in [1.82, 2.24) is 16.0 Å². The van der Waals surface area contributed by atoms with Crippen molar-refractivity contribution >= 4 is 23.4 Å². The number of hydrogen-bond acceptors (Lipinski definition) is 3. The van der Waals surface area contributed by atoms with Crippen LogP contribution < -0.4 is 16.0 Å². The first-order valence-corrected chi connectivity index (χ1v) is 7.75. The molecule has 0 radical (unpaired) electrons. The quantitative estimate of drug-likeness (QED) is 0.574. The normalized spacial score (nSPS) is 12.2. The fourth-order valence-electron chi connectivity index (χ4n) is 1.73. The maximum Gasteiger partial charge on any atom is 0.407 e. The average molecular weight is 323 g/mol. The second-order valence-electron chi connectivity index (χ2n) is 5.96. The van der Waals surface area contributed by atoms with E-state index in [-0.39, 0.29) is 6.04 Å². The van der Waals surface area contributed by atoms with Crippen molar-refractivity contribution in [2.45, 2.75) is 39.3 Å². The molecule has 0 aliphatic carbocycles. The van der Waals surface area contributed by atoms with E-state index >= 15 is 0 Å². The molecule has 6 heteroatoms. The maximum absolute atomic E-state index is 11.5. The van der Waals surface area contributed by atoms with E-state index in [1.807, 2.05) is 58.0 Å². The molecule has 0 saturated carbocycles. The van der Waals surface area contributed by atoms with Gasteiger partial charge in [-0.2, -0.15) is 0 Å². The van der Waals surface area contributed by atoms with Crippen molar-refractivity contribution in [3.63, 3.8) is 0 Å². The summed E-state index contributed by atoms with van der Waals surface area (Å²) in [5, 5.41) is 9.48. The van der Waals surface area contributed by atoms with E-state index in [0.717, 1.165) is 0 Å². The van der Waals surface area contributed by atoms with E-state index in [1.54, 1.807) is 0 Å². The van der Waals surface area contributed by atoms with Crippen molar-refractivity contribution < 1.29 is 9.53 Å². The third-order valence-corrected chi connectivity index (χ3v) is 2.99. The first-order chi connectivity index (χ1) is 10.3. The zero-order valence-corrected chi connectivity index (χ0v) is 14.4. The van der Waals surface area contributed by atoms with Crippen LogP contribution in [0.2, 0.25) is 0 Å². The molecule has 1 amide bonds. The Bertz CT molecular complexity index is 486. The van der Waals surface area contributed by atoms with Crippen LogP contribution in [0.4, 0.5) is 4.79 Å². The van der Waals surface area contributed by atoms with E-state index in [4.69, 9.17) is 17.0 Å². The first kappa shape index (κ1) is 18.2. The highest BCUT2D eigenvalue weighted by Crippen LogP contribution is 2.10. The summed E-state index contributed by atoms with van der Waals surface area (Å²) in [7, 11) is 0. The molecule has 0 spiro atoms. The monoisotopic (exact) mass is 323 g/mol. The van der Waals surface area contributed by atoms with E-state index < -0.39 is 11.7 Å². The molecule has 122 valence electrons. The summed E-state index contributed by atoms with van der Waals surface area (Å²) in [6.45, 7) is 8.50. The first-order valence-electron chi connectivity index (χ1n) is 7.34. The van der Waals surface area contributed by atoms with Gasteiger partial charge in [0.2, 0.25) is 0 Å². The van der Waals surface area contributed by atoms with Crippen molar-refractivity contribution in [1.29, 1.82) is 0 Å². The predicted octanol–water partition coefficient (Wildman–Crippen LogP) is 2.74. The van der Waals surface area contributed by atoms with Crippen LogP contribution in [0.1, 0.15) is 39.3 Å². The van der Waals surface area contributed by atoms with Gasteiger partial charge in [-0.1, -0.05) is 30.3 Å². The molecule has 1 aromatic rings. The molecule has 22 heavy (non-hydrogen) atoms. The third-order valence-electron chi connectivity index (χ3n) is 2.73. The van der Waals surface area contributed by atoms with Gasteiger partial charge in [0.15, 0.2) is 5.11 Å². The van der Waals surface area contributed by atoms with Crippen LogP contribution in [0.5, 0.6) is 0 Å². The Kier molecular flexibility index (Phi) is 7.11. The number of nitrogens with one attached hydrogen (secondary N) is 3. The minimum atomic E-state index is -0.487. The summed E-state index contributed by atoms with van der Waals surface area (Å²) in [5.41, 5.74) is 0.679. The summed E-state index contributed by atoms with van der Waals surface area (Å²) < 4.78 is 5.14. The molecule has 3 N–H and O–H groups in total. The number of alkyl carbamates (subject to hydrolysis) is 1. The van der Waals surface area contributed by atoms with Crippen LogP contribution >= 0.6 is 12.2 Å². The number of hydrogen-bond donors (Lipinski definition) is 3. The number of carbonyl (C=O) groups excluding carboxylic acids is 1. The highest BCUT2D eigenvalue weighted by Gasteiger charge is 2.15. The van der Waals surface area contributed by atoms with Crippen molar-refractivity contribution in [2.24, 2.45) is 0 Å². The van der Waals surface area contributed by atoms with Crippen molar-refractivity contribution in [3.05, 3.63) is 35.9 Å². The standard InChI is InChI=1S/C16H25N3O2S/c1-12(13-8-6-5-7-9-13)19-14(22)17-10-11-18-15(20)21-16(2,3)4/h5-9,12H,10-11H2,1-4H3,(H,18,20)(H2,17,19,22). The molecule has 0 bridgehead atoms. The van der Waals surface area contributed by atoms with E-state index in [1.165, 1.54) is 5.56 Å². The lowest BCUT2D eigenvalue weighted by Gasteiger charge is -2.20. The van der Waals surface area contributed by atoms with Crippen LogP contribution in [0.3, 0.4) is 0 Å². The van der Waals surface area contributed by atoms with E-state index in [0.29, 0.717) is 18.2 Å². The molecule has 1 unspecified atom stereocenters. The van der Waals surface area contributed by atoms with Crippen LogP contribution in [0.15, 0.2) is 30.3 Å². The molecular weight excluding hydrogens is 298 g/mol. The average Bonchev–Trinajstić information content (AvgIpc) is 2.42. The summed E-state index contributed by atoms with van der Waals surface area (Å²) in [6.07, 6.45) is -0.425. The van der Waals surface area contributed by atoms with Crippen molar-refractivity contribution in [3.8, 4) is 0 Å². The van der Waals surface area contributed by atoms with Crippen LogP contribution in [-0.4, -0.2) is 29.9 Å². The second kappa shape index (κ2) is 8.58. The SMILES string of the molecule is CC(NC(=S)NCCNC(=O)OC(C)(C)C)c1ccccc1. The minimum Gasteiger partial charge on any atom is -0.444 e. The Labute approximate surface area is 137 Å². The van der Waals surface area contributed by atoms with Crippen LogP contribution in [0.25, 0.3) is 0 Å². The molecule has 0 heterocycles. The maximum atomic E-state index is 11.5. The van der Waals surface area contributed by atoms with Gasteiger partial charge >= 0.3 is 6.09 Å². The fraction of sp³-hybridized carbons (Fsp3) is 0.500. The molecule has 0 saturated heterocycles.